The smallest absolute Gasteiger partial charge is 0.254 e. The molecule has 1 saturated heterocycles. The first-order valence-corrected chi connectivity index (χ1v) is 12.6. The molecule has 0 N–H and O–H groups in total. The molecule has 0 saturated carbocycles. The van der Waals surface area contributed by atoms with Gasteiger partial charge in [0.2, 0.25) is 0 Å². The molecule has 10 heteroatoms. The van der Waals surface area contributed by atoms with Gasteiger partial charge in [0.25, 0.3) is 5.91 Å². The Labute approximate surface area is 223 Å². The second-order valence-corrected chi connectivity index (χ2v) is 9.39. The van der Waals surface area contributed by atoms with E-state index < -0.39 is 0 Å². The standard InChI is InChI=1S/C28H36FN5O4/c1-20-26(19-33(13-14-36-3)28(35)21-15-24(37-4)18-25(16-21)38-5)27(32-11-9-31(2)10-12-32)34(30-20)23-8-6-7-22(29)17-23/h6-8,15-18H,9-14,19H2,1-5H3. The Kier molecular flexibility index (Phi) is 8.85. The number of methoxy groups -OCH3 is 3. The van der Waals surface area contributed by atoms with Gasteiger partial charge in [-0.05, 0) is 44.3 Å². The highest BCUT2D eigenvalue weighted by Gasteiger charge is 2.28. The second kappa shape index (κ2) is 12.3. The zero-order valence-corrected chi connectivity index (χ0v) is 22.7. The van der Waals surface area contributed by atoms with E-state index in [0.717, 1.165) is 43.3 Å². The summed E-state index contributed by atoms with van der Waals surface area (Å²) >= 11 is 0. The molecule has 0 spiro atoms. The second-order valence-electron chi connectivity index (χ2n) is 9.39. The zero-order chi connectivity index (χ0) is 27.2. The number of benzene rings is 2. The van der Waals surface area contributed by atoms with Gasteiger partial charge in [-0.2, -0.15) is 5.10 Å². The quantitative estimate of drug-likeness (QED) is 0.402. The van der Waals surface area contributed by atoms with Crippen molar-refractivity contribution in [3.8, 4) is 17.2 Å². The van der Waals surface area contributed by atoms with Crippen molar-refractivity contribution in [3.05, 3.63) is 65.1 Å². The van der Waals surface area contributed by atoms with E-state index in [1.807, 2.05) is 13.0 Å². The van der Waals surface area contributed by atoms with Crippen molar-refractivity contribution in [2.24, 2.45) is 0 Å². The molecule has 38 heavy (non-hydrogen) atoms. The molecule has 9 nitrogen and oxygen atoms in total. The summed E-state index contributed by atoms with van der Waals surface area (Å²) in [6, 6.07) is 11.6. The maximum Gasteiger partial charge on any atom is 0.254 e. The first kappa shape index (κ1) is 27.4. The number of carbonyl (C=O) groups excluding carboxylic acids is 1. The minimum atomic E-state index is -0.328. The predicted molar refractivity (Wildman–Crippen MR) is 144 cm³/mol. The summed E-state index contributed by atoms with van der Waals surface area (Å²) in [7, 11) is 6.82. The normalized spacial score (nSPS) is 14.0. The molecule has 2 heterocycles. The van der Waals surface area contributed by atoms with Gasteiger partial charge in [-0.1, -0.05) is 6.07 Å². The van der Waals surface area contributed by atoms with Crippen molar-refractivity contribution in [1.82, 2.24) is 19.6 Å². The van der Waals surface area contributed by atoms with Crippen LogP contribution in [0.25, 0.3) is 5.69 Å². The van der Waals surface area contributed by atoms with Gasteiger partial charge in [0.05, 0.1) is 38.8 Å². The lowest BCUT2D eigenvalue weighted by atomic mass is 10.1. The maximum absolute atomic E-state index is 14.2. The van der Waals surface area contributed by atoms with Gasteiger partial charge < -0.3 is 28.9 Å². The third-order valence-electron chi connectivity index (χ3n) is 6.81. The van der Waals surface area contributed by atoms with Crippen LogP contribution in [0.15, 0.2) is 42.5 Å². The Morgan fingerprint density at radius 3 is 2.32 bits per heavy atom. The lowest BCUT2D eigenvalue weighted by Crippen LogP contribution is -2.45. The number of hydrogen-bond donors (Lipinski definition) is 0. The number of aromatic nitrogens is 2. The third kappa shape index (κ3) is 6.08. The van der Waals surface area contributed by atoms with Gasteiger partial charge in [-0.3, -0.25) is 4.79 Å². The van der Waals surface area contributed by atoms with Crippen LogP contribution in [-0.4, -0.2) is 93.2 Å². The fourth-order valence-electron chi connectivity index (χ4n) is 4.62. The summed E-state index contributed by atoms with van der Waals surface area (Å²) < 4.78 is 32.1. The predicted octanol–water partition coefficient (Wildman–Crippen LogP) is 3.38. The first-order valence-electron chi connectivity index (χ1n) is 12.6. The van der Waals surface area contributed by atoms with E-state index >= 15 is 0 Å². The Balaban J connectivity index is 1.76. The Bertz CT molecular complexity index is 1230. The Hall–Kier alpha value is -3.63. The minimum Gasteiger partial charge on any atom is -0.497 e. The summed E-state index contributed by atoms with van der Waals surface area (Å²) in [5.74, 6) is 1.44. The summed E-state index contributed by atoms with van der Waals surface area (Å²) in [5.41, 5.74) is 2.79. The molecule has 1 aliphatic heterocycles. The van der Waals surface area contributed by atoms with Crippen molar-refractivity contribution in [2.75, 3.05) is 72.6 Å². The molecule has 0 unspecified atom stereocenters. The number of hydrogen-bond acceptors (Lipinski definition) is 7. The summed E-state index contributed by atoms with van der Waals surface area (Å²) in [6.45, 7) is 6.36. The molecule has 1 amide bonds. The zero-order valence-electron chi connectivity index (χ0n) is 22.7. The number of piperazine rings is 1. The van der Waals surface area contributed by atoms with Crippen LogP contribution in [-0.2, 0) is 11.3 Å². The maximum atomic E-state index is 14.2. The number of aryl methyl sites for hydroxylation is 1. The highest BCUT2D eigenvalue weighted by Crippen LogP contribution is 2.31. The molecular weight excluding hydrogens is 489 g/mol. The van der Waals surface area contributed by atoms with Gasteiger partial charge in [0.1, 0.15) is 23.1 Å². The van der Waals surface area contributed by atoms with Crippen LogP contribution in [0.1, 0.15) is 21.6 Å². The highest BCUT2D eigenvalue weighted by atomic mass is 19.1. The van der Waals surface area contributed by atoms with Gasteiger partial charge in [-0.15, -0.1) is 0 Å². The number of nitrogens with zero attached hydrogens (tertiary/aromatic N) is 5. The van der Waals surface area contributed by atoms with Crippen LogP contribution < -0.4 is 14.4 Å². The molecule has 2 aromatic carbocycles. The number of carbonyl (C=O) groups is 1. The fourth-order valence-corrected chi connectivity index (χ4v) is 4.62. The van der Waals surface area contributed by atoms with Crippen LogP contribution in [0, 0.1) is 12.7 Å². The topological polar surface area (TPSA) is 72.3 Å². The number of rotatable bonds is 10. The number of amides is 1. The van der Waals surface area contributed by atoms with Gasteiger partial charge >= 0.3 is 0 Å². The van der Waals surface area contributed by atoms with Gasteiger partial charge in [0, 0.05) is 57.0 Å². The number of anilines is 1. The van der Waals surface area contributed by atoms with Gasteiger partial charge in [-0.25, -0.2) is 9.07 Å². The minimum absolute atomic E-state index is 0.179. The lowest BCUT2D eigenvalue weighted by molar-refractivity contribution is 0.0679. The van der Waals surface area contributed by atoms with Gasteiger partial charge in [0.15, 0.2) is 0 Å². The molecule has 0 radical (unpaired) electrons. The molecule has 0 bridgehead atoms. The molecule has 3 aromatic rings. The van der Waals surface area contributed by atoms with Crippen LogP contribution in [0.5, 0.6) is 11.5 Å². The van der Waals surface area contributed by atoms with Crippen LogP contribution in [0.2, 0.25) is 0 Å². The van der Waals surface area contributed by atoms with E-state index in [4.69, 9.17) is 19.3 Å². The molecule has 4 rings (SSSR count). The van der Waals surface area contributed by atoms with E-state index in [-0.39, 0.29) is 11.7 Å². The fraction of sp³-hybridized carbons (Fsp3) is 0.429. The third-order valence-corrected chi connectivity index (χ3v) is 6.81. The monoisotopic (exact) mass is 525 g/mol. The van der Waals surface area contributed by atoms with Crippen molar-refractivity contribution < 1.29 is 23.4 Å². The van der Waals surface area contributed by atoms with Crippen LogP contribution in [0.3, 0.4) is 0 Å². The summed E-state index contributed by atoms with van der Waals surface area (Å²) in [5, 5.41) is 4.82. The lowest BCUT2D eigenvalue weighted by Gasteiger charge is -2.35. The van der Waals surface area contributed by atoms with E-state index in [1.54, 1.807) is 55.2 Å². The number of likely N-dealkylation sites (N-methyl/N-ethyl adjacent to an activating group) is 1. The van der Waals surface area contributed by atoms with Crippen molar-refractivity contribution >= 4 is 11.7 Å². The molecule has 204 valence electrons. The average molecular weight is 526 g/mol. The largest absolute Gasteiger partial charge is 0.497 e. The van der Waals surface area contributed by atoms with Crippen molar-refractivity contribution in [2.45, 2.75) is 13.5 Å². The molecule has 1 aromatic heterocycles. The SMILES string of the molecule is COCCN(Cc1c(C)nn(-c2cccc(F)c2)c1N1CCN(C)CC1)C(=O)c1cc(OC)cc(OC)c1. The van der Waals surface area contributed by atoms with Crippen LogP contribution >= 0.6 is 0 Å². The van der Waals surface area contributed by atoms with E-state index in [0.29, 0.717) is 42.4 Å². The average Bonchev–Trinajstić information content (AvgIpc) is 3.26. The van der Waals surface area contributed by atoms with Crippen LogP contribution in [0.4, 0.5) is 10.2 Å². The Morgan fingerprint density at radius 1 is 1.03 bits per heavy atom. The van der Waals surface area contributed by atoms with Crippen molar-refractivity contribution in [3.63, 3.8) is 0 Å². The number of ether oxygens (including phenoxy) is 3. The summed E-state index contributed by atoms with van der Waals surface area (Å²) in [4.78, 5) is 20.1. The number of halogens is 1. The highest BCUT2D eigenvalue weighted by molar-refractivity contribution is 5.95. The Morgan fingerprint density at radius 2 is 1.71 bits per heavy atom. The molecule has 1 aliphatic rings. The van der Waals surface area contributed by atoms with E-state index in [1.165, 1.54) is 12.1 Å². The molecule has 0 aliphatic carbocycles. The molecule has 0 atom stereocenters. The summed E-state index contributed by atoms with van der Waals surface area (Å²) in [6.07, 6.45) is 0. The molecule has 1 fully saturated rings. The first-order chi connectivity index (χ1) is 18.3. The van der Waals surface area contributed by atoms with E-state index in [9.17, 15) is 9.18 Å². The molecular formula is C28H36FN5O4. The van der Waals surface area contributed by atoms with Crippen molar-refractivity contribution in [1.29, 1.82) is 0 Å². The van der Waals surface area contributed by atoms with E-state index in [2.05, 4.69) is 16.8 Å².